The van der Waals surface area contributed by atoms with Gasteiger partial charge < -0.3 is 4.74 Å². The maximum atomic E-state index is 5.74. The van der Waals surface area contributed by atoms with Gasteiger partial charge in [-0.2, -0.15) is 0 Å². The lowest BCUT2D eigenvalue weighted by Crippen LogP contribution is -2.14. The summed E-state index contributed by atoms with van der Waals surface area (Å²) in [5.41, 5.74) is 2.72. The topological polar surface area (TPSA) is 9.23 Å². The minimum Gasteiger partial charge on any atom is -0.494 e. The van der Waals surface area contributed by atoms with E-state index in [4.69, 9.17) is 4.74 Å². The largest absolute Gasteiger partial charge is 0.494 e. The molecule has 0 bridgehead atoms. The maximum Gasteiger partial charge on any atom is 0.123 e. The van der Waals surface area contributed by atoms with Crippen molar-refractivity contribution in [1.82, 2.24) is 0 Å². The molecule has 0 heterocycles. The van der Waals surface area contributed by atoms with Crippen molar-refractivity contribution < 1.29 is 4.74 Å². The Bertz CT molecular complexity index is 469. The molecule has 1 atom stereocenters. The quantitative estimate of drug-likeness (QED) is 0.718. The molecule has 0 fully saturated rings. The molecule has 1 aromatic rings. The summed E-state index contributed by atoms with van der Waals surface area (Å²) >= 11 is 0. The van der Waals surface area contributed by atoms with E-state index >= 15 is 0 Å². The predicted molar refractivity (Wildman–Crippen MR) is 82.6 cm³/mol. The molecule has 1 nitrogen and oxygen atoms in total. The van der Waals surface area contributed by atoms with E-state index in [1.807, 2.05) is 13.8 Å². The first-order valence-corrected chi connectivity index (χ1v) is 7.07. The van der Waals surface area contributed by atoms with Crippen LogP contribution in [0.4, 0.5) is 0 Å². The molecule has 0 aliphatic heterocycles. The maximum absolute atomic E-state index is 5.74. The van der Waals surface area contributed by atoms with E-state index in [2.05, 4.69) is 57.7 Å². The second-order valence-corrected chi connectivity index (χ2v) is 6.01. The predicted octanol–water partition coefficient (Wildman–Crippen LogP) is 4.58. The van der Waals surface area contributed by atoms with Gasteiger partial charge in [0.05, 0.1) is 6.61 Å². The molecule has 0 radical (unpaired) electrons. The molecule has 1 heteroatoms. The zero-order valence-corrected chi connectivity index (χ0v) is 13.1. The van der Waals surface area contributed by atoms with E-state index in [9.17, 15) is 0 Å². The normalized spacial score (nSPS) is 12.5. The van der Waals surface area contributed by atoms with Gasteiger partial charge in [0.25, 0.3) is 0 Å². The Labute approximate surface area is 118 Å². The van der Waals surface area contributed by atoms with Gasteiger partial charge in [0.2, 0.25) is 0 Å². The highest BCUT2D eigenvalue weighted by Crippen LogP contribution is 2.32. The van der Waals surface area contributed by atoms with Gasteiger partial charge >= 0.3 is 0 Å². The van der Waals surface area contributed by atoms with Crippen LogP contribution in [0.3, 0.4) is 0 Å². The van der Waals surface area contributed by atoms with Crippen molar-refractivity contribution in [2.24, 2.45) is 5.92 Å². The summed E-state index contributed by atoms with van der Waals surface area (Å²) in [6.07, 6.45) is 0.996. The molecule has 1 rings (SSSR count). The van der Waals surface area contributed by atoms with E-state index in [0.29, 0.717) is 12.5 Å². The molecule has 1 unspecified atom stereocenters. The fourth-order valence-electron chi connectivity index (χ4n) is 2.22. The molecule has 0 saturated heterocycles. The third-order valence-electron chi connectivity index (χ3n) is 3.08. The number of hydrogen-bond acceptors (Lipinski definition) is 1. The Morgan fingerprint density at radius 3 is 2.47 bits per heavy atom. The average Bonchev–Trinajstić information content (AvgIpc) is 2.30. The van der Waals surface area contributed by atoms with E-state index in [1.54, 1.807) is 0 Å². The van der Waals surface area contributed by atoms with Crippen LogP contribution in [-0.2, 0) is 11.8 Å². The Kier molecular flexibility index (Phi) is 5.48. The number of rotatable bonds is 4. The third-order valence-corrected chi connectivity index (χ3v) is 3.08. The highest BCUT2D eigenvalue weighted by atomic mass is 16.5. The number of benzene rings is 1. The Morgan fingerprint density at radius 1 is 1.26 bits per heavy atom. The van der Waals surface area contributed by atoms with Gasteiger partial charge in [-0.3, -0.25) is 0 Å². The van der Waals surface area contributed by atoms with Crippen LogP contribution < -0.4 is 4.74 Å². The Hall–Kier alpha value is -1.42. The summed E-state index contributed by atoms with van der Waals surface area (Å²) < 4.78 is 5.74. The molecule has 0 amide bonds. The highest BCUT2D eigenvalue weighted by Gasteiger charge is 2.19. The molecule has 0 aromatic heterocycles. The molecule has 104 valence electrons. The van der Waals surface area contributed by atoms with Crippen LogP contribution in [0.2, 0.25) is 0 Å². The van der Waals surface area contributed by atoms with Crippen LogP contribution in [0.5, 0.6) is 5.75 Å². The first kappa shape index (κ1) is 15.6. The fraction of sp³-hybridized carbons (Fsp3) is 0.556. The summed E-state index contributed by atoms with van der Waals surface area (Å²) in [6.45, 7) is 13.5. The molecular formula is C18H26O. The molecule has 0 aliphatic rings. The smallest absolute Gasteiger partial charge is 0.123 e. The average molecular weight is 258 g/mol. The second-order valence-electron chi connectivity index (χ2n) is 6.01. The fourth-order valence-corrected chi connectivity index (χ4v) is 2.22. The van der Waals surface area contributed by atoms with Crippen molar-refractivity contribution in [2.45, 2.75) is 53.4 Å². The van der Waals surface area contributed by atoms with Crippen LogP contribution in [0, 0.1) is 17.8 Å². The molecule has 0 spiro atoms. The van der Waals surface area contributed by atoms with Gasteiger partial charge in [-0.15, -0.1) is 11.8 Å². The Morgan fingerprint density at radius 2 is 1.95 bits per heavy atom. The lowest BCUT2D eigenvalue weighted by molar-refractivity contribution is 0.329. The first-order chi connectivity index (χ1) is 8.88. The van der Waals surface area contributed by atoms with E-state index < -0.39 is 0 Å². The first-order valence-electron chi connectivity index (χ1n) is 7.07. The summed E-state index contributed by atoms with van der Waals surface area (Å²) in [5, 5.41) is 0. The number of ether oxygens (including phenoxy) is 1. The van der Waals surface area contributed by atoms with Gasteiger partial charge in [0.15, 0.2) is 0 Å². The summed E-state index contributed by atoms with van der Waals surface area (Å²) in [5.74, 6) is 7.61. The third kappa shape index (κ3) is 4.63. The van der Waals surface area contributed by atoms with E-state index in [-0.39, 0.29) is 5.41 Å². The molecule has 0 saturated carbocycles. The van der Waals surface area contributed by atoms with Crippen LogP contribution in [0.1, 0.15) is 52.7 Å². The van der Waals surface area contributed by atoms with Crippen LogP contribution in [0.25, 0.3) is 0 Å². The van der Waals surface area contributed by atoms with Gasteiger partial charge in [-0.25, -0.2) is 0 Å². The second kappa shape index (κ2) is 6.66. The van der Waals surface area contributed by atoms with Gasteiger partial charge in [0.1, 0.15) is 5.75 Å². The molecule has 19 heavy (non-hydrogen) atoms. The summed E-state index contributed by atoms with van der Waals surface area (Å²) in [4.78, 5) is 0. The van der Waals surface area contributed by atoms with Crippen molar-refractivity contribution in [3.8, 4) is 17.6 Å². The molecular weight excluding hydrogens is 232 g/mol. The summed E-state index contributed by atoms with van der Waals surface area (Å²) in [7, 11) is 0. The minimum absolute atomic E-state index is 0.0974. The van der Waals surface area contributed by atoms with Crippen molar-refractivity contribution in [3.63, 3.8) is 0 Å². The zero-order chi connectivity index (χ0) is 14.5. The Balaban J connectivity index is 3.06. The molecule has 0 N–H and O–H groups in total. The lowest BCUT2D eigenvalue weighted by Gasteiger charge is -2.23. The highest BCUT2D eigenvalue weighted by molar-refractivity contribution is 5.42. The lowest BCUT2D eigenvalue weighted by atomic mass is 9.84. The monoisotopic (exact) mass is 258 g/mol. The van der Waals surface area contributed by atoms with E-state index in [0.717, 1.165) is 12.2 Å². The van der Waals surface area contributed by atoms with Crippen molar-refractivity contribution in [2.75, 3.05) is 6.61 Å². The van der Waals surface area contributed by atoms with Gasteiger partial charge in [-0.05, 0) is 42.9 Å². The van der Waals surface area contributed by atoms with Crippen LogP contribution in [-0.4, -0.2) is 6.61 Å². The number of hydrogen-bond donors (Lipinski definition) is 0. The standard InChI is InChI=1S/C18H26O/c1-7-9-14(3)12-15-10-11-17(19-8-2)16(13-15)18(4,5)6/h10-11,13-14H,8,12H2,1-6H3. The van der Waals surface area contributed by atoms with Crippen molar-refractivity contribution in [1.29, 1.82) is 0 Å². The van der Waals surface area contributed by atoms with Crippen molar-refractivity contribution in [3.05, 3.63) is 29.3 Å². The SMILES string of the molecule is CC#CC(C)Cc1ccc(OCC)c(C(C)(C)C)c1. The molecule has 1 aromatic carbocycles. The van der Waals surface area contributed by atoms with Gasteiger partial charge in [0, 0.05) is 5.92 Å². The zero-order valence-electron chi connectivity index (χ0n) is 13.1. The summed E-state index contributed by atoms with van der Waals surface area (Å²) in [6, 6.07) is 6.54. The minimum atomic E-state index is 0.0974. The van der Waals surface area contributed by atoms with E-state index in [1.165, 1.54) is 11.1 Å². The van der Waals surface area contributed by atoms with Crippen molar-refractivity contribution >= 4 is 0 Å². The van der Waals surface area contributed by atoms with Gasteiger partial charge in [-0.1, -0.05) is 39.8 Å². The van der Waals surface area contributed by atoms with Crippen LogP contribution in [0.15, 0.2) is 18.2 Å². The molecule has 0 aliphatic carbocycles. The van der Waals surface area contributed by atoms with Crippen LogP contribution >= 0.6 is 0 Å².